The van der Waals surface area contributed by atoms with Crippen LogP contribution in [0.1, 0.15) is 17.2 Å². The lowest BCUT2D eigenvalue weighted by atomic mass is 10.0. The van der Waals surface area contributed by atoms with E-state index in [-0.39, 0.29) is 0 Å². The van der Waals surface area contributed by atoms with Crippen LogP contribution in [0.3, 0.4) is 0 Å². The molecule has 0 saturated carbocycles. The van der Waals surface area contributed by atoms with E-state index in [1.165, 1.54) is 0 Å². The molecule has 0 heterocycles. The van der Waals surface area contributed by atoms with E-state index in [2.05, 4.69) is 31.9 Å². The first-order valence-electron chi connectivity index (χ1n) is 5.48. The Labute approximate surface area is 133 Å². The van der Waals surface area contributed by atoms with Crippen molar-refractivity contribution in [2.75, 3.05) is 7.11 Å². The highest BCUT2D eigenvalue weighted by Gasteiger charge is 2.15. The summed E-state index contributed by atoms with van der Waals surface area (Å²) < 4.78 is 6.87. The van der Waals surface area contributed by atoms with Gasteiger partial charge in [-0.05, 0) is 35.9 Å². The van der Waals surface area contributed by atoms with Crippen molar-refractivity contribution in [2.24, 2.45) is 0 Å². The molecule has 19 heavy (non-hydrogen) atoms. The van der Waals surface area contributed by atoms with Crippen molar-refractivity contribution >= 4 is 43.5 Å². The Morgan fingerprint density at radius 2 is 1.74 bits per heavy atom. The predicted octanol–water partition coefficient (Wildman–Crippen LogP) is 4.96. The highest BCUT2D eigenvalue weighted by molar-refractivity contribution is 9.11. The van der Waals surface area contributed by atoms with E-state index < -0.39 is 6.10 Å². The molecule has 5 heteroatoms. The lowest BCUT2D eigenvalue weighted by molar-refractivity contribution is 0.220. The van der Waals surface area contributed by atoms with Gasteiger partial charge in [0.15, 0.2) is 0 Å². The summed E-state index contributed by atoms with van der Waals surface area (Å²) in [4.78, 5) is 0. The highest BCUT2D eigenvalue weighted by Crippen LogP contribution is 2.33. The fourth-order valence-corrected chi connectivity index (χ4v) is 3.37. The third-order valence-electron chi connectivity index (χ3n) is 2.70. The van der Waals surface area contributed by atoms with Crippen LogP contribution in [0.15, 0.2) is 45.3 Å². The molecule has 0 amide bonds. The largest absolute Gasteiger partial charge is 0.497 e. The van der Waals surface area contributed by atoms with E-state index in [1.807, 2.05) is 18.2 Å². The lowest BCUT2D eigenvalue weighted by Crippen LogP contribution is -2.01. The van der Waals surface area contributed by atoms with Crippen molar-refractivity contribution < 1.29 is 9.84 Å². The van der Waals surface area contributed by atoms with Gasteiger partial charge in [0, 0.05) is 14.5 Å². The van der Waals surface area contributed by atoms with Crippen LogP contribution in [-0.4, -0.2) is 12.2 Å². The molecule has 0 spiro atoms. The molecular weight excluding hydrogens is 395 g/mol. The smallest absolute Gasteiger partial charge is 0.120 e. The Bertz CT molecular complexity index is 582. The van der Waals surface area contributed by atoms with Gasteiger partial charge in [0.2, 0.25) is 0 Å². The first kappa shape index (κ1) is 14.9. The van der Waals surface area contributed by atoms with E-state index >= 15 is 0 Å². The molecule has 0 aliphatic carbocycles. The van der Waals surface area contributed by atoms with Crippen molar-refractivity contribution in [2.45, 2.75) is 6.10 Å². The van der Waals surface area contributed by atoms with Crippen molar-refractivity contribution in [3.63, 3.8) is 0 Å². The van der Waals surface area contributed by atoms with Gasteiger partial charge >= 0.3 is 0 Å². The average molecular weight is 407 g/mol. The van der Waals surface area contributed by atoms with Crippen LogP contribution in [0.4, 0.5) is 0 Å². The van der Waals surface area contributed by atoms with Crippen molar-refractivity contribution in [3.8, 4) is 5.75 Å². The maximum Gasteiger partial charge on any atom is 0.120 e. The molecule has 0 aromatic heterocycles. The predicted molar refractivity (Wildman–Crippen MR) is 83.9 cm³/mol. The number of methoxy groups -OCH3 is 1. The third-order valence-corrected chi connectivity index (χ3v) is 3.95. The van der Waals surface area contributed by atoms with Gasteiger partial charge in [0.1, 0.15) is 11.9 Å². The number of halogens is 3. The van der Waals surface area contributed by atoms with Gasteiger partial charge in [-0.25, -0.2) is 0 Å². The molecule has 2 nitrogen and oxygen atoms in total. The summed E-state index contributed by atoms with van der Waals surface area (Å²) in [5, 5.41) is 10.9. The Kier molecular flexibility index (Phi) is 4.90. The van der Waals surface area contributed by atoms with Crippen LogP contribution in [-0.2, 0) is 0 Å². The number of aliphatic hydroxyl groups is 1. The summed E-state index contributed by atoms with van der Waals surface area (Å²) >= 11 is 13.0. The molecule has 0 bridgehead atoms. The van der Waals surface area contributed by atoms with Crippen molar-refractivity contribution in [1.29, 1.82) is 0 Å². The monoisotopic (exact) mass is 404 g/mol. The summed E-state index contributed by atoms with van der Waals surface area (Å²) in [5.74, 6) is 0.663. The second kappa shape index (κ2) is 6.27. The van der Waals surface area contributed by atoms with Gasteiger partial charge in [-0.1, -0.05) is 49.5 Å². The van der Waals surface area contributed by atoms with E-state index in [1.54, 1.807) is 25.3 Å². The number of hydrogen-bond acceptors (Lipinski definition) is 2. The number of benzene rings is 2. The Hall–Kier alpha value is -0.550. The summed E-state index contributed by atoms with van der Waals surface area (Å²) in [6.45, 7) is 0. The summed E-state index contributed by atoms with van der Waals surface area (Å²) in [7, 11) is 1.58. The molecule has 2 aromatic rings. The molecule has 2 aromatic carbocycles. The second-order valence-corrected chi connectivity index (χ2v) is 6.23. The van der Waals surface area contributed by atoms with Gasteiger partial charge in [0.05, 0.1) is 12.1 Å². The van der Waals surface area contributed by atoms with Crippen LogP contribution < -0.4 is 4.74 Å². The molecule has 1 unspecified atom stereocenters. The Balaban J connectivity index is 2.40. The minimum atomic E-state index is -0.785. The third kappa shape index (κ3) is 3.51. The van der Waals surface area contributed by atoms with E-state index in [4.69, 9.17) is 16.3 Å². The first-order chi connectivity index (χ1) is 9.01. The molecule has 1 N–H and O–H groups in total. The van der Waals surface area contributed by atoms with Crippen LogP contribution in [0.25, 0.3) is 0 Å². The van der Waals surface area contributed by atoms with E-state index in [0.717, 1.165) is 14.5 Å². The Morgan fingerprint density at radius 3 is 2.26 bits per heavy atom. The van der Waals surface area contributed by atoms with Crippen LogP contribution in [0, 0.1) is 0 Å². The van der Waals surface area contributed by atoms with Crippen LogP contribution in [0.2, 0.25) is 5.02 Å². The van der Waals surface area contributed by atoms with Gasteiger partial charge in [0.25, 0.3) is 0 Å². The zero-order valence-electron chi connectivity index (χ0n) is 10.0. The SMILES string of the molecule is COc1ccc(C(O)c2cc(Br)cc(Br)c2)c(Cl)c1. The number of aliphatic hydroxyl groups excluding tert-OH is 1. The average Bonchev–Trinajstić information content (AvgIpc) is 2.36. The van der Waals surface area contributed by atoms with Crippen molar-refractivity contribution in [3.05, 3.63) is 61.5 Å². The second-order valence-electron chi connectivity index (χ2n) is 3.99. The highest BCUT2D eigenvalue weighted by atomic mass is 79.9. The first-order valence-corrected chi connectivity index (χ1v) is 7.45. The maximum absolute atomic E-state index is 10.4. The zero-order valence-corrected chi connectivity index (χ0v) is 14.0. The standard InChI is InChI=1S/C14H11Br2ClO2/c1-19-11-2-3-12(13(17)7-11)14(18)8-4-9(15)6-10(16)5-8/h2-7,14,18H,1H3. The molecule has 100 valence electrons. The van der Waals surface area contributed by atoms with Crippen LogP contribution >= 0.6 is 43.5 Å². The fourth-order valence-electron chi connectivity index (χ4n) is 1.77. The molecule has 0 aliphatic rings. The van der Waals surface area contributed by atoms with E-state index in [9.17, 15) is 5.11 Å². The summed E-state index contributed by atoms with van der Waals surface area (Å²) in [6.07, 6.45) is -0.785. The number of rotatable bonds is 3. The molecule has 1 atom stereocenters. The molecule has 0 fully saturated rings. The summed E-state index contributed by atoms with van der Waals surface area (Å²) in [6, 6.07) is 10.9. The molecular formula is C14H11Br2ClO2. The zero-order chi connectivity index (χ0) is 14.0. The minimum Gasteiger partial charge on any atom is -0.497 e. The van der Waals surface area contributed by atoms with Crippen LogP contribution in [0.5, 0.6) is 5.75 Å². The van der Waals surface area contributed by atoms with Crippen molar-refractivity contribution in [1.82, 2.24) is 0 Å². The van der Waals surface area contributed by atoms with Gasteiger partial charge in [-0.2, -0.15) is 0 Å². The lowest BCUT2D eigenvalue weighted by Gasteiger charge is -2.15. The quantitative estimate of drug-likeness (QED) is 0.781. The molecule has 2 rings (SSSR count). The summed E-state index contributed by atoms with van der Waals surface area (Å²) in [5.41, 5.74) is 1.40. The fraction of sp³-hybridized carbons (Fsp3) is 0.143. The molecule has 0 saturated heterocycles. The minimum absolute atomic E-state index is 0.475. The topological polar surface area (TPSA) is 29.5 Å². The van der Waals surface area contributed by atoms with Gasteiger partial charge in [-0.15, -0.1) is 0 Å². The Morgan fingerprint density at radius 1 is 1.11 bits per heavy atom. The van der Waals surface area contributed by atoms with Gasteiger partial charge in [-0.3, -0.25) is 0 Å². The molecule has 0 aliphatic heterocycles. The van der Waals surface area contributed by atoms with E-state index in [0.29, 0.717) is 16.3 Å². The normalized spacial score (nSPS) is 12.3. The number of hydrogen-bond donors (Lipinski definition) is 1. The van der Waals surface area contributed by atoms with Gasteiger partial charge < -0.3 is 9.84 Å². The molecule has 0 radical (unpaired) electrons. The number of ether oxygens (including phenoxy) is 1. The maximum atomic E-state index is 10.4.